The molecule has 8 nitrogen and oxygen atoms in total. The Hall–Kier alpha value is -3.01. The average Bonchev–Trinajstić information content (AvgIpc) is 3.06. The standard InChI is InChI=1S/C29H33N3O2.ClH.3H2O/c33-21-32-18-13-25(14-19-32)29(34)30-15-20-31-16-11-24(12-17-31)28-26-7-3-1-5-22(26)9-10-23-6-2-4-8-27(23)28;;;;/h1-10,21,25H,11-20H2,(H,30,34);1H;3*1H2. The highest BCUT2D eigenvalue weighted by Crippen LogP contribution is 2.38. The molecule has 3 aliphatic rings. The number of piperidine rings is 2. The van der Waals surface area contributed by atoms with Crippen molar-refractivity contribution in [3.05, 3.63) is 76.4 Å². The zero-order valence-electron chi connectivity index (χ0n) is 21.6. The lowest BCUT2D eigenvalue weighted by Crippen LogP contribution is -2.43. The number of rotatable bonds is 5. The highest BCUT2D eigenvalue weighted by Gasteiger charge is 2.25. The number of halogens is 1. The monoisotopic (exact) mass is 545 g/mol. The molecule has 38 heavy (non-hydrogen) atoms. The maximum Gasteiger partial charge on any atom is 0.223 e. The molecule has 0 unspecified atom stereocenters. The minimum Gasteiger partial charge on any atom is -0.412 e. The second-order valence-electron chi connectivity index (χ2n) is 9.53. The summed E-state index contributed by atoms with van der Waals surface area (Å²) in [7, 11) is 0. The highest BCUT2D eigenvalue weighted by atomic mass is 35.5. The van der Waals surface area contributed by atoms with Crippen LogP contribution in [0.5, 0.6) is 0 Å². The van der Waals surface area contributed by atoms with Gasteiger partial charge in [-0.15, -0.1) is 12.4 Å². The first-order chi connectivity index (χ1) is 16.7. The van der Waals surface area contributed by atoms with Crippen molar-refractivity contribution in [2.75, 3.05) is 39.3 Å². The quantitative estimate of drug-likeness (QED) is 0.489. The zero-order chi connectivity index (χ0) is 23.3. The van der Waals surface area contributed by atoms with Crippen LogP contribution in [0.2, 0.25) is 0 Å². The number of carbonyl (C=O) groups is 2. The van der Waals surface area contributed by atoms with Crippen LogP contribution in [0.1, 0.15) is 47.9 Å². The summed E-state index contributed by atoms with van der Waals surface area (Å²) in [6.45, 7) is 4.98. The lowest BCUT2D eigenvalue weighted by Gasteiger charge is -2.31. The molecule has 0 saturated carbocycles. The Balaban J connectivity index is 0.00000180. The van der Waals surface area contributed by atoms with E-state index in [9.17, 15) is 9.59 Å². The number of nitrogens with zero attached hydrogens (tertiary/aromatic N) is 2. The Morgan fingerprint density at radius 2 is 1.37 bits per heavy atom. The maximum absolute atomic E-state index is 12.5. The molecule has 0 aromatic heterocycles. The summed E-state index contributed by atoms with van der Waals surface area (Å²) < 4.78 is 0. The van der Waals surface area contributed by atoms with Crippen molar-refractivity contribution in [2.24, 2.45) is 5.92 Å². The van der Waals surface area contributed by atoms with E-state index in [-0.39, 0.29) is 40.7 Å². The summed E-state index contributed by atoms with van der Waals surface area (Å²) in [5.41, 5.74) is 8.17. The Labute approximate surface area is 230 Å². The Kier molecular flexibility index (Phi) is 13.4. The van der Waals surface area contributed by atoms with E-state index < -0.39 is 0 Å². The van der Waals surface area contributed by atoms with Gasteiger partial charge in [0.25, 0.3) is 0 Å². The second-order valence-corrected chi connectivity index (χ2v) is 9.53. The van der Waals surface area contributed by atoms with Gasteiger partial charge in [0, 0.05) is 45.2 Å². The van der Waals surface area contributed by atoms with Gasteiger partial charge in [-0.05, 0) is 53.5 Å². The number of fused-ring (bicyclic) bond motifs is 2. The third kappa shape index (κ3) is 7.30. The van der Waals surface area contributed by atoms with E-state index in [1.807, 2.05) is 0 Å². The van der Waals surface area contributed by atoms with Crippen LogP contribution in [-0.4, -0.2) is 77.8 Å². The first-order valence-corrected chi connectivity index (χ1v) is 12.5. The van der Waals surface area contributed by atoms with Gasteiger partial charge in [0.2, 0.25) is 12.3 Å². The molecule has 5 rings (SSSR count). The number of amides is 2. The van der Waals surface area contributed by atoms with Crippen LogP contribution in [0.3, 0.4) is 0 Å². The van der Waals surface area contributed by atoms with Crippen LogP contribution in [-0.2, 0) is 9.59 Å². The Morgan fingerprint density at radius 3 is 1.89 bits per heavy atom. The number of nitrogens with one attached hydrogen (secondary N) is 1. The van der Waals surface area contributed by atoms with E-state index >= 15 is 0 Å². The maximum atomic E-state index is 12.5. The number of carbonyl (C=O) groups excluding carboxylic acids is 2. The molecular weight excluding hydrogens is 506 g/mol. The minimum absolute atomic E-state index is 0. The highest BCUT2D eigenvalue weighted by molar-refractivity contribution is 5.95. The van der Waals surface area contributed by atoms with Crippen molar-refractivity contribution in [1.82, 2.24) is 15.1 Å². The van der Waals surface area contributed by atoms with E-state index in [4.69, 9.17) is 0 Å². The van der Waals surface area contributed by atoms with Gasteiger partial charge in [0.1, 0.15) is 0 Å². The molecule has 2 fully saturated rings. The van der Waals surface area contributed by atoms with Crippen molar-refractivity contribution >= 4 is 42.4 Å². The fraction of sp³-hybridized carbons (Fsp3) is 0.379. The molecule has 2 heterocycles. The number of hydrogen-bond donors (Lipinski definition) is 1. The van der Waals surface area contributed by atoms with Gasteiger partial charge >= 0.3 is 0 Å². The summed E-state index contributed by atoms with van der Waals surface area (Å²) >= 11 is 0. The molecule has 9 heteroatoms. The summed E-state index contributed by atoms with van der Waals surface area (Å²) in [5, 5.41) is 3.13. The van der Waals surface area contributed by atoms with Crippen LogP contribution in [0.25, 0.3) is 17.7 Å². The van der Waals surface area contributed by atoms with Crippen molar-refractivity contribution in [3.8, 4) is 0 Å². The fourth-order valence-corrected chi connectivity index (χ4v) is 5.49. The normalized spacial score (nSPS) is 16.8. The molecule has 2 aromatic carbocycles. The SMILES string of the molecule is Cl.O.O.O.O=CN1CCC(C(=O)NCCN2CCC(=C3c4ccccc4C=Cc4ccccc43)CC2)CC1. The largest absolute Gasteiger partial charge is 0.412 e. The van der Waals surface area contributed by atoms with Crippen LogP contribution in [0.15, 0.2) is 54.1 Å². The molecular formula is C29H40ClN3O5. The van der Waals surface area contributed by atoms with Crippen molar-refractivity contribution < 1.29 is 26.0 Å². The molecule has 0 spiro atoms. The third-order valence-corrected chi connectivity index (χ3v) is 7.49. The summed E-state index contributed by atoms with van der Waals surface area (Å²) in [4.78, 5) is 27.6. The van der Waals surface area contributed by atoms with Crippen molar-refractivity contribution in [1.29, 1.82) is 0 Å². The van der Waals surface area contributed by atoms with Crippen LogP contribution in [0, 0.1) is 5.92 Å². The first kappa shape index (κ1) is 33.0. The van der Waals surface area contributed by atoms with E-state index in [1.165, 1.54) is 33.4 Å². The number of hydrogen-bond acceptors (Lipinski definition) is 3. The first-order valence-electron chi connectivity index (χ1n) is 12.5. The van der Waals surface area contributed by atoms with E-state index in [0.717, 1.165) is 51.7 Å². The van der Waals surface area contributed by atoms with Gasteiger partial charge < -0.3 is 31.5 Å². The molecule has 2 aliphatic heterocycles. The van der Waals surface area contributed by atoms with Crippen LogP contribution < -0.4 is 5.32 Å². The van der Waals surface area contributed by atoms with E-state index in [2.05, 4.69) is 70.9 Å². The Bertz CT molecular complexity index is 1070. The molecule has 1 aliphatic carbocycles. The number of likely N-dealkylation sites (tertiary alicyclic amines) is 2. The average molecular weight is 546 g/mol. The van der Waals surface area contributed by atoms with Gasteiger partial charge in [0.05, 0.1) is 0 Å². The topological polar surface area (TPSA) is 147 Å². The Morgan fingerprint density at radius 1 is 0.842 bits per heavy atom. The summed E-state index contributed by atoms with van der Waals surface area (Å²) in [5.74, 6) is 0.183. The van der Waals surface area contributed by atoms with Gasteiger partial charge in [0.15, 0.2) is 0 Å². The molecule has 0 bridgehead atoms. The lowest BCUT2D eigenvalue weighted by molar-refractivity contribution is -0.128. The second kappa shape index (κ2) is 15.4. The molecule has 0 atom stereocenters. The van der Waals surface area contributed by atoms with Crippen molar-refractivity contribution in [3.63, 3.8) is 0 Å². The van der Waals surface area contributed by atoms with Gasteiger partial charge in [-0.25, -0.2) is 0 Å². The minimum atomic E-state index is 0. The molecule has 2 amide bonds. The number of benzene rings is 2. The smallest absolute Gasteiger partial charge is 0.223 e. The van der Waals surface area contributed by atoms with Crippen LogP contribution >= 0.6 is 12.4 Å². The van der Waals surface area contributed by atoms with Gasteiger partial charge in [-0.1, -0.05) is 66.3 Å². The molecule has 2 saturated heterocycles. The molecule has 208 valence electrons. The van der Waals surface area contributed by atoms with E-state index in [1.54, 1.807) is 4.90 Å². The van der Waals surface area contributed by atoms with Gasteiger partial charge in [-0.3, -0.25) is 9.59 Å². The van der Waals surface area contributed by atoms with Gasteiger partial charge in [-0.2, -0.15) is 0 Å². The molecule has 0 radical (unpaired) electrons. The molecule has 2 aromatic rings. The summed E-state index contributed by atoms with van der Waals surface area (Å²) in [6.07, 6.45) is 9.00. The van der Waals surface area contributed by atoms with Crippen LogP contribution in [0.4, 0.5) is 0 Å². The zero-order valence-corrected chi connectivity index (χ0v) is 22.4. The van der Waals surface area contributed by atoms with Crippen molar-refractivity contribution in [2.45, 2.75) is 25.7 Å². The summed E-state index contributed by atoms with van der Waals surface area (Å²) in [6, 6.07) is 17.4. The van der Waals surface area contributed by atoms with E-state index in [0.29, 0.717) is 19.6 Å². The fourth-order valence-electron chi connectivity index (χ4n) is 5.49. The predicted octanol–water partition coefficient (Wildman–Crippen LogP) is 2.00. The third-order valence-electron chi connectivity index (χ3n) is 7.49. The predicted molar refractivity (Wildman–Crippen MR) is 155 cm³/mol. The lowest BCUT2D eigenvalue weighted by atomic mass is 9.86. The molecule has 7 N–H and O–H groups in total.